The summed E-state index contributed by atoms with van der Waals surface area (Å²) in [6.45, 7) is 4.86. The van der Waals surface area contributed by atoms with Gasteiger partial charge in [0.1, 0.15) is 0 Å². The molecule has 0 radical (unpaired) electrons. The molecule has 0 fully saturated rings. The number of amides is 1. The van der Waals surface area contributed by atoms with Gasteiger partial charge >= 0.3 is 5.97 Å². The molecule has 0 aliphatic carbocycles. The molecule has 0 spiro atoms. The molecule has 2 aromatic rings. The zero-order valence-electron chi connectivity index (χ0n) is 16.6. The number of esters is 1. The van der Waals surface area contributed by atoms with Crippen LogP contribution in [0.1, 0.15) is 32.6 Å². The van der Waals surface area contributed by atoms with Crippen LogP contribution < -0.4 is 10.1 Å². The van der Waals surface area contributed by atoms with Gasteiger partial charge in [-0.2, -0.15) is 5.10 Å². The van der Waals surface area contributed by atoms with Gasteiger partial charge in [-0.25, -0.2) is 23.4 Å². The molecule has 8 nitrogen and oxygen atoms in total. The first-order valence-corrected chi connectivity index (χ1v) is 10.2. The average Bonchev–Trinajstić information content (AvgIpc) is 2.65. The van der Waals surface area contributed by atoms with E-state index in [4.69, 9.17) is 0 Å². The van der Waals surface area contributed by atoms with E-state index in [0.29, 0.717) is 22.3 Å². The lowest BCUT2D eigenvalue weighted by molar-refractivity contribution is -0.119. The van der Waals surface area contributed by atoms with Crippen LogP contribution in [0.3, 0.4) is 0 Å². The third-order valence-electron chi connectivity index (χ3n) is 4.03. The Morgan fingerprint density at radius 2 is 1.66 bits per heavy atom. The topological polar surface area (TPSA) is 114 Å². The van der Waals surface area contributed by atoms with Crippen molar-refractivity contribution in [3.8, 4) is 0 Å². The monoisotopic (exact) mass is 417 g/mol. The number of nitrogens with one attached hydrogen (secondary N) is 2. The second-order valence-corrected chi connectivity index (χ2v) is 8.16. The Hall–Kier alpha value is -3.04. The molecule has 2 aromatic carbocycles. The molecule has 1 amide bonds. The zero-order chi connectivity index (χ0) is 21.6. The predicted molar refractivity (Wildman–Crippen MR) is 109 cm³/mol. The van der Waals surface area contributed by atoms with Crippen molar-refractivity contribution in [2.24, 2.45) is 5.10 Å². The van der Waals surface area contributed by atoms with Gasteiger partial charge in [0.05, 0.1) is 30.3 Å². The van der Waals surface area contributed by atoms with E-state index in [0.717, 1.165) is 5.56 Å². The highest BCUT2D eigenvalue weighted by Crippen LogP contribution is 2.21. The number of ether oxygens (including phenoxy) is 1. The van der Waals surface area contributed by atoms with Crippen molar-refractivity contribution >= 4 is 28.1 Å². The maximum atomic E-state index is 12.5. The molecule has 0 aliphatic heterocycles. The largest absolute Gasteiger partial charge is 0.465 e. The summed E-state index contributed by atoms with van der Waals surface area (Å²) in [7, 11) is -2.54. The minimum Gasteiger partial charge on any atom is -0.465 e. The van der Waals surface area contributed by atoms with Gasteiger partial charge in [0.15, 0.2) is 0 Å². The van der Waals surface area contributed by atoms with Crippen LogP contribution in [0.25, 0.3) is 0 Å². The van der Waals surface area contributed by atoms with Crippen LogP contribution in [-0.2, 0) is 19.6 Å². The summed E-state index contributed by atoms with van der Waals surface area (Å²) >= 11 is 0. The van der Waals surface area contributed by atoms with Gasteiger partial charge in [0, 0.05) is 0 Å². The quantitative estimate of drug-likeness (QED) is 0.405. The molecule has 154 valence electrons. The van der Waals surface area contributed by atoms with Crippen molar-refractivity contribution in [2.75, 3.05) is 13.7 Å². The third-order valence-corrected chi connectivity index (χ3v) is 5.74. The summed E-state index contributed by atoms with van der Waals surface area (Å²) in [5.41, 5.74) is 5.48. The maximum absolute atomic E-state index is 12.5. The van der Waals surface area contributed by atoms with Crippen LogP contribution in [0, 0.1) is 20.8 Å². The molecule has 29 heavy (non-hydrogen) atoms. The van der Waals surface area contributed by atoms with Crippen molar-refractivity contribution in [1.82, 2.24) is 10.1 Å². The van der Waals surface area contributed by atoms with Crippen LogP contribution in [0.15, 0.2) is 46.4 Å². The molecule has 2 N–H and O–H groups in total. The number of hydrogen-bond acceptors (Lipinski definition) is 6. The fourth-order valence-electron chi connectivity index (χ4n) is 2.86. The summed E-state index contributed by atoms with van der Waals surface area (Å²) in [5, 5.41) is 3.78. The Balaban J connectivity index is 1.94. The smallest absolute Gasteiger partial charge is 0.337 e. The first-order chi connectivity index (χ1) is 13.6. The number of rotatable bonds is 7. The van der Waals surface area contributed by atoms with Gasteiger partial charge in [-0.1, -0.05) is 29.8 Å². The molecule has 9 heteroatoms. The van der Waals surface area contributed by atoms with Crippen molar-refractivity contribution in [1.29, 1.82) is 0 Å². The molecular weight excluding hydrogens is 394 g/mol. The zero-order valence-corrected chi connectivity index (χ0v) is 17.5. The Labute approximate surface area is 170 Å². The molecule has 0 saturated carbocycles. The van der Waals surface area contributed by atoms with Gasteiger partial charge in [0.2, 0.25) is 10.0 Å². The fraction of sp³-hybridized carbons (Fsp3) is 0.250. The molecule has 0 bridgehead atoms. The van der Waals surface area contributed by atoms with Gasteiger partial charge < -0.3 is 4.74 Å². The second-order valence-electron chi connectivity index (χ2n) is 6.46. The van der Waals surface area contributed by atoms with Crippen molar-refractivity contribution in [3.05, 3.63) is 64.2 Å². The van der Waals surface area contributed by atoms with Crippen molar-refractivity contribution < 1.29 is 22.7 Å². The Bertz CT molecular complexity index is 1020. The van der Waals surface area contributed by atoms with Gasteiger partial charge in [0.25, 0.3) is 5.91 Å². The minimum absolute atomic E-state index is 0.171. The summed E-state index contributed by atoms with van der Waals surface area (Å²) in [6.07, 6.45) is 1.38. The van der Waals surface area contributed by atoms with Gasteiger partial charge in [-0.15, -0.1) is 0 Å². The van der Waals surface area contributed by atoms with Crippen LogP contribution in [-0.4, -0.2) is 40.2 Å². The first-order valence-electron chi connectivity index (χ1n) is 8.72. The summed E-state index contributed by atoms with van der Waals surface area (Å²) < 4.78 is 32.0. The number of sulfonamides is 1. The number of carbonyl (C=O) groups is 2. The van der Waals surface area contributed by atoms with E-state index in [9.17, 15) is 18.0 Å². The molecule has 0 atom stereocenters. The number of methoxy groups -OCH3 is 1. The highest BCUT2D eigenvalue weighted by atomic mass is 32.2. The van der Waals surface area contributed by atoms with E-state index >= 15 is 0 Å². The average molecular weight is 417 g/mol. The van der Waals surface area contributed by atoms with Gasteiger partial charge in [-0.3, -0.25) is 4.79 Å². The normalized spacial score (nSPS) is 11.4. The SMILES string of the molecule is COC(=O)c1ccc(/C=N\NC(=O)CNS(=O)(=O)c2c(C)cc(C)cc2C)cc1. The number of hydrazone groups is 1. The highest BCUT2D eigenvalue weighted by Gasteiger charge is 2.20. The van der Waals surface area contributed by atoms with Gasteiger partial charge in [-0.05, 0) is 49.6 Å². The van der Waals surface area contributed by atoms with E-state index in [-0.39, 0.29) is 4.90 Å². The standard InChI is InChI=1S/C20H23N3O5S/c1-13-9-14(2)19(15(3)10-13)29(26,27)22-12-18(24)23-21-11-16-5-7-17(8-6-16)20(25)28-4/h5-11,22H,12H2,1-4H3,(H,23,24)/b21-11-. The number of benzene rings is 2. The van der Waals surface area contributed by atoms with Crippen molar-refractivity contribution in [2.45, 2.75) is 25.7 Å². The summed E-state index contributed by atoms with van der Waals surface area (Å²) in [4.78, 5) is 23.4. The molecule has 0 aliphatic rings. The molecule has 0 heterocycles. The van der Waals surface area contributed by atoms with Crippen LogP contribution >= 0.6 is 0 Å². The van der Waals surface area contributed by atoms with E-state index in [1.54, 1.807) is 50.2 Å². The number of hydrogen-bond donors (Lipinski definition) is 2. The fourth-order valence-corrected chi connectivity index (χ4v) is 4.30. The number of carbonyl (C=O) groups excluding carboxylic acids is 2. The van der Waals surface area contributed by atoms with E-state index < -0.39 is 28.4 Å². The van der Waals surface area contributed by atoms with E-state index in [2.05, 4.69) is 20.0 Å². The van der Waals surface area contributed by atoms with Crippen LogP contribution in [0.5, 0.6) is 0 Å². The molecule has 0 saturated heterocycles. The first kappa shape index (κ1) is 22.3. The lowest BCUT2D eigenvalue weighted by Gasteiger charge is -2.12. The number of aryl methyl sites for hydroxylation is 3. The Morgan fingerprint density at radius 3 is 2.21 bits per heavy atom. The van der Waals surface area contributed by atoms with E-state index in [1.807, 2.05) is 6.92 Å². The minimum atomic E-state index is -3.83. The van der Waals surface area contributed by atoms with Crippen molar-refractivity contribution in [3.63, 3.8) is 0 Å². The Kier molecular flexibility index (Phi) is 7.24. The third kappa shape index (κ3) is 5.97. The maximum Gasteiger partial charge on any atom is 0.337 e. The number of nitrogens with zero attached hydrogens (tertiary/aromatic N) is 1. The summed E-state index contributed by atoms with van der Waals surface area (Å²) in [6, 6.07) is 9.95. The summed E-state index contributed by atoms with van der Waals surface area (Å²) in [5.74, 6) is -1.06. The van der Waals surface area contributed by atoms with Crippen LogP contribution in [0.2, 0.25) is 0 Å². The Morgan fingerprint density at radius 1 is 1.07 bits per heavy atom. The molecule has 0 aromatic heterocycles. The van der Waals surface area contributed by atoms with E-state index in [1.165, 1.54) is 13.3 Å². The lowest BCUT2D eigenvalue weighted by Crippen LogP contribution is -2.35. The molecular formula is C20H23N3O5S. The predicted octanol–water partition coefficient (Wildman–Crippen LogP) is 1.83. The molecule has 0 unspecified atom stereocenters. The molecule has 2 rings (SSSR count). The second kappa shape index (κ2) is 9.44. The highest BCUT2D eigenvalue weighted by molar-refractivity contribution is 7.89. The lowest BCUT2D eigenvalue weighted by atomic mass is 10.1. The van der Waals surface area contributed by atoms with Crippen LogP contribution in [0.4, 0.5) is 0 Å².